The average Bonchev–Trinajstić information content (AvgIpc) is 3.03. The summed E-state index contributed by atoms with van der Waals surface area (Å²) in [5.41, 5.74) is 0.558. The van der Waals surface area contributed by atoms with Crippen molar-refractivity contribution < 1.29 is 9.18 Å². The van der Waals surface area contributed by atoms with Gasteiger partial charge in [-0.1, -0.05) is 26.8 Å². The van der Waals surface area contributed by atoms with Crippen LogP contribution in [0.25, 0.3) is 5.69 Å². The maximum absolute atomic E-state index is 13.6. The Labute approximate surface area is 159 Å². The first kappa shape index (κ1) is 20.3. The van der Waals surface area contributed by atoms with Crippen LogP contribution in [0.5, 0.6) is 0 Å². The van der Waals surface area contributed by atoms with Gasteiger partial charge >= 0.3 is 0 Å². The van der Waals surface area contributed by atoms with E-state index in [1.807, 2.05) is 13.8 Å². The summed E-state index contributed by atoms with van der Waals surface area (Å²) in [5.74, 6) is 0.553. The molecule has 2 unspecified atom stereocenters. The zero-order chi connectivity index (χ0) is 18.0. The Morgan fingerprint density at radius 3 is 2.85 bits per heavy atom. The molecule has 1 aliphatic heterocycles. The summed E-state index contributed by atoms with van der Waals surface area (Å²) in [5, 5.41) is 10.6. The Morgan fingerprint density at radius 2 is 2.19 bits per heavy atom. The summed E-state index contributed by atoms with van der Waals surface area (Å²) in [7, 11) is 0. The third-order valence-corrected chi connectivity index (χ3v) is 4.55. The maximum Gasteiger partial charge on any atom is 0.291 e. The topological polar surface area (TPSA) is 71.8 Å². The zero-order valence-electron chi connectivity index (χ0n) is 15.2. The monoisotopic (exact) mass is 381 g/mol. The molecule has 2 N–H and O–H groups in total. The van der Waals surface area contributed by atoms with Gasteiger partial charge in [-0.15, -0.1) is 17.5 Å². The highest BCUT2D eigenvalue weighted by molar-refractivity contribution is 5.90. The number of hydrogen-bond donors (Lipinski definition) is 2. The van der Waals surface area contributed by atoms with Crippen molar-refractivity contribution >= 4 is 18.3 Å². The van der Waals surface area contributed by atoms with E-state index in [2.05, 4.69) is 27.6 Å². The van der Waals surface area contributed by atoms with Gasteiger partial charge in [-0.3, -0.25) is 4.79 Å². The number of nitrogens with one attached hydrogen (secondary N) is 2. The third-order valence-electron chi connectivity index (χ3n) is 4.55. The van der Waals surface area contributed by atoms with Crippen LogP contribution in [-0.4, -0.2) is 39.8 Å². The minimum atomic E-state index is -0.351. The smallest absolute Gasteiger partial charge is 0.291 e. The molecule has 0 spiro atoms. The fourth-order valence-electron chi connectivity index (χ4n) is 3.01. The summed E-state index contributed by atoms with van der Waals surface area (Å²) < 4.78 is 15.1. The molecule has 0 aliphatic carbocycles. The number of nitrogens with zero attached hydrogens (tertiary/aromatic N) is 3. The van der Waals surface area contributed by atoms with Crippen molar-refractivity contribution in [1.82, 2.24) is 25.4 Å². The number of hydrogen-bond acceptors (Lipinski definition) is 4. The highest BCUT2D eigenvalue weighted by Crippen LogP contribution is 2.18. The van der Waals surface area contributed by atoms with Crippen molar-refractivity contribution in [3.63, 3.8) is 0 Å². The van der Waals surface area contributed by atoms with E-state index >= 15 is 0 Å². The lowest BCUT2D eigenvalue weighted by atomic mass is 9.95. The quantitative estimate of drug-likeness (QED) is 0.854. The molecular formula is C18H25ClFN5O. The summed E-state index contributed by atoms with van der Waals surface area (Å²) in [6, 6.07) is 6.19. The third kappa shape index (κ3) is 4.40. The number of carbonyl (C=O) groups is 1. The first-order valence-electron chi connectivity index (χ1n) is 8.70. The first-order valence-corrected chi connectivity index (χ1v) is 8.70. The van der Waals surface area contributed by atoms with Gasteiger partial charge in [0.1, 0.15) is 11.6 Å². The Hall–Kier alpha value is -1.99. The van der Waals surface area contributed by atoms with E-state index in [-0.39, 0.29) is 41.9 Å². The van der Waals surface area contributed by atoms with Crippen molar-refractivity contribution in [3.8, 4) is 5.69 Å². The molecule has 8 heteroatoms. The van der Waals surface area contributed by atoms with Gasteiger partial charge in [0.25, 0.3) is 5.91 Å². The van der Waals surface area contributed by atoms with E-state index in [1.54, 1.807) is 16.8 Å². The van der Waals surface area contributed by atoms with E-state index in [4.69, 9.17) is 0 Å². The normalized spacial score (nSPS) is 19.9. The Balaban J connectivity index is 0.00000243. The highest BCUT2D eigenvalue weighted by Gasteiger charge is 2.26. The molecule has 1 saturated heterocycles. The molecular weight excluding hydrogens is 357 g/mol. The maximum atomic E-state index is 13.6. The SMILES string of the molecule is CC(C)c1nc(C(=O)NC2CNCCC2C)nn1-c1cccc(F)c1.Cl. The average molecular weight is 382 g/mol. The van der Waals surface area contributed by atoms with Crippen LogP contribution in [0.15, 0.2) is 24.3 Å². The number of rotatable bonds is 4. The van der Waals surface area contributed by atoms with Gasteiger partial charge in [0.2, 0.25) is 5.82 Å². The van der Waals surface area contributed by atoms with E-state index in [9.17, 15) is 9.18 Å². The molecule has 0 radical (unpaired) electrons. The standard InChI is InChI=1S/C18H24FN5O.ClH/c1-11(2)17-22-16(18(25)21-15-10-20-8-7-12(15)3)23-24(17)14-6-4-5-13(19)9-14;/h4-6,9,11-12,15,20H,7-8,10H2,1-3H3,(H,21,25);1H. The number of halogens is 2. The van der Waals surface area contributed by atoms with Gasteiger partial charge in [0.05, 0.1) is 5.69 Å². The molecule has 26 heavy (non-hydrogen) atoms. The number of benzene rings is 1. The van der Waals surface area contributed by atoms with Crippen LogP contribution in [0.3, 0.4) is 0 Å². The van der Waals surface area contributed by atoms with Crippen LogP contribution in [0.1, 0.15) is 49.6 Å². The Morgan fingerprint density at radius 1 is 1.42 bits per heavy atom. The molecule has 2 aromatic rings. The van der Waals surface area contributed by atoms with Crippen LogP contribution in [0.4, 0.5) is 4.39 Å². The van der Waals surface area contributed by atoms with Crippen LogP contribution >= 0.6 is 12.4 Å². The van der Waals surface area contributed by atoms with E-state index < -0.39 is 0 Å². The number of aromatic nitrogens is 3. The lowest BCUT2D eigenvalue weighted by molar-refractivity contribution is 0.0904. The molecule has 6 nitrogen and oxygen atoms in total. The minimum absolute atomic E-state index is 0. The Kier molecular flexibility index (Phi) is 6.72. The van der Waals surface area contributed by atoms with Gasteiger partial charge in [-0.2, -0.15) is 0 Å². The van der Waals surface area contributed by atoms with Crippen molar-refractivity contribution in [1.29, 1.82) is 0 Å². The second-order valence-corrected chi connectivity index (χ2v) is 6.89. The van der Waals surface area contributed by atoms with Crippen molar-refractivity contribution in [2.24, 2.45) is 5.92 Å². The minimum Gasteiger partial charge on any atom is -0.345 e. The second-order valence-electron chi connectivity index (χ2n) is 6.89. The summed E-state index contributed by atoms with van der Waals surface area (Å²) in [6.07, 6.45) is 1.02. The number of amides is 1. The fourth-order valence-corrected chi connectivity index (χ4v) is 3.01. The predicted molar refractivity (Wildman–Crippen MR) is 101 cm³/mol. The molecule has 0 bridgehead atoms. The molecule has 1 fully saturated rings. The van der Waals surface area contributed by atoms with E-state index in [1.165, 1.54) is 12.1 Å². The largest absolute Gasteiger partial charge is 0.345 e. The molecule has 1 amide bonds. The molecule has 2 atom stereocenters. The van der Waals surface area contributed by atoms with Crippen LogP contribution in [0, 0.1) is 11.7 Å². The number of piperidine rings is 1. The predicted octanol–water partition coefficient (Wildman–Crippen LogP) is 2.68. The van der Waals surface area contributed by atoms with Gasteiger partial charge in [-0.05, 0) is 37.1 Å². The lowest BCUT2D eigenvalue weighted by Gasteiger charge is -2.29. The van der Waals surface area contributed by atoms with E-state index in [0.717, 1.165) is 19.5 Å². The number of carbonyl (C=O) groups excluding carboxylic acids is 1. The first-order chi connectivity index (χ1) is 12.0. The molecule has 0 saturated carbocycles. The van der Waals surface area contributed by atoms with Crippen LogP contribution < -0.4 is 10.6 Å². The fraction of sp³-hybridized carbons (Fsp3) is 0.500. The summed E-state index contributed by atoms with van der Waals surface area (Å²) in [4.78, 5) is 17.0. The van der Waals surface area contributed by atoms with Crippen molar-refractivity contribution in [3.05, 3.63) is 41.7 Å². The van der Waals surface area contributed by atoms with Gasteiger partial charge < -0.3 is 10.6 Å². The Bertz CT molecular complexity index is 764. The van der Waals surface area contributed by atoms with Gasteiger partial charge in [0, 0.05) is 18.5 Å². The second kappa shape index (κ2) is 8.60. The molecule has 1 aliphatic rings. The van der Waals surface area contributed by atoms with Crippen molar-refractivity contribution in [2.45, 2.75) is 39.2 Å². The highest BCUT2D eigenvalue weighted by atomic mass is 35.5. The molecule has 142 valence electrons. The van der Waals surface area contributed by atoms with Gasteiger partial charge in [-0.25, -0.2) is 14.1 Å². The van der Waals surface area contributed by atoms with Crippen LogP contribution in [0.2, 0.25) is 0 Å². The molecule has 1 aromatic carbocycles. The molecule has 1 aromatic heterocycles. The molecule has 2 heterocycles. The summed E-state index contributed by atoms with van der Waals surface area (Å²) >= 11 is 0. The lowest BCUT2D eigenvalue weighted by Crippen LogP contribution is -2.50. The van der Waals surface area contributed by atoms with E-state index in [0.29, 0.717) is 17.4 Å². The molecule has 3 rings (SSSR count). The van der Waals surface area contributed by atoms with Gasteiger partial charge in [0.15, 0.2) is 0 Å². The summed E-state index contributed by atoms with van der Waals surface area (Å²) in [6.45, 7) is 7.78. The zero-order valence-corrected chi connectivity index (χ0v) is 16.0. The van der Waals surface area contributed by atoms with Crippen LogP contribution in [-0.2, 0) is 0 Å². The van der Waals surface area contributed by atoms with Crippen molar-refractivity contribution in [2.75, 3.05) is 13.1 Å².